The lowest BCUT2D eigenvalue weighted by atomic mass is 10.1. The van der Waals surface area contributed by atoms with Crippen molar-refractivity contribution in [3.63, 3.8) is 0 Å². The average Bonchev–Trinajstić information content (AvgIpc) is 3.04. The van der Waals surface area contributed by atoms with Crippen LogP contribution in [0.4, 0.5) is 0 Å². The smallest absolute Gasteiger partial charge is 0.308 e. The first-order chi connectivity index (χ1) is 9.58. The number of hydrogen-bond acceptors (Lipinski definition) is 3. The van der Waals surface area contributed by atoms with Gasteiger partial charge < -0.3 is 14.4 Å². The summed E-state index contributed by atoms with van der Waals surface area (Å²) in [7, 11) is 0. The van der Waals surface area contributed by atoms with Crippen LogP contribution in [0.15, 0.2) is 28.7 Å². The van der Waals surface area contributed by atoms with Gasteiger partial charge in [-0.15, -0.1) is 0 Å². The topological polar surface area (TPSA) is 70.8 Å². The van der Waals surface area contributed by atoms with Crippen LogP contribution in [0, 0.1) is 12.8 Å². The molecule has 1 aromatic carbocycles. The van der Waals surface area contributed by atoms with Crippen LogP contribution in [0.25, 0.3) is 11.0 Å². The van der Waals surface area contributed by atoms with Gasteiger partial charge in [-0.2, -0.15) is 0 Å². The number of carbonyl (C=O) groups excluding carboxylic acids is 1. The van der Waals surface area contributed by atoms with Crippen LogP contribution in [0.3, 0.4) is 0 Å². The van der Waals surface area contributed by atoms with Gasteiger partial charge in [-0.05, 0) is 19.4 Å². The van der Waals surface area contributed by atoms with Crippen molar-refractivity contribution >= 4 is 22.8 Å². The molecular formula is C15H15NO4. The zero-order valence-electron chi connectivity index (χ0n) is 11.1. The van der Waals surface area contributed by atoms with Crippen LogP contribution in [-0.4, -0.2) is 35.0 Å². The standard InChI is InChI=1S/C15H15NO4/c1-9-11-4-2-3-5-12(11)20-13(9)14(17)16-7-6-10(8-16)15(18)19/h2-5,10H,6-8H2,1H3,(H,18,19)/t10-/m0/s1. The summed E-state index contributed by atoms with van der Waals surface area (Å²) < 4.78 is 5.63. The highest BCUT2D eigenvalue weighted by Gasteiger charge is 2.33. The highest BCUT2D eigenvalue weighted by Crippen LogP contribution is 2.27. The third-order valence-corrected chi connectivity index (χ3v) is 3.86. The minimum absolute atomic E-state index is 0.220. The van der Waals surface area contributed by atoms with E-state index in [0.29, 0.717) is 24.3 Å². The molecule has 1 aromatic heterocycles. The predicted octanol–water partition coefficient (Wildman–Crippen LogP) is 2.29. The summed E-state index contributed by atoms with van der Waals surface area (Å²) in [6.07, 6.45) is 0.500. The first-order valence-electron chi connectivity index (χ1n) is 6.58. The van der Waals surface area contributed by atoms with Crippen molar-refractivity contribution < 1.29 is 19.1 Å². The lowest BCUT2D eigenvalue weighted by molar-refractivity contribution is -0.141. The Hall–Kier alpha value is -2.30. The molecule has 0 saturated carbocycles. The van der Waals surface area contributed by atoms with Gasteiger partial charge in [0.15, 0.2) is 5.76 Å². The Morgan fingerprint density at radius 3 is 2.75 bits per heavy atom. The summed E-state index contributed by atoms with van der Waals surface area (Å²) in [6, 6.07) is 7.49. The van der Waals surface area contributed by atoms with Crippen LogP contribution in [-0.2, 0) is 4.79 Å². The van der Waals surface area contributed by atoms with Gasteiger partial charge >= 0.3 is 5.97 Å². The number of para-hydroxylation sites is 1. The quantitative estimate of drug-likeness (QED) is 0.911. The maximum absolute atomic E-state index is 12.4. The van der Waals surface area contributed by atoms with E-state index in [1.54, 1.807) is 4.90 Å². The molecule has 1 saturated heterocycles. The summed E-state index contributed by atoms with van der Waals surface area (Å²) in [5.74, 6) is -1.22. The summed E-state index contributed by atoms with van der Waals surface area (Å²) in [5, 5.41) is 9.91. The van der Waals surface area contributed by atoms with Gasteiger partial charge in [0, 0.05) is 24.0 Å². The monoisotopic (exact) mass is 273 g/mol. The molecule has 1 aliphatic rings. The number of rotatable bonds is 2. The minimum Gasteiger partial charge on any atom is -0.481 e. The first kappa shape index (κ1) is 12.7. The fourth-order valence-corrected chi connectivity index (χ4v) is 2.67. The number of likely N-dealkylation sites (tertiary alicyclic amines) is 1. The number of nitrogens with zero attached hydrogens (tertiary/aromatic N) is 1. The van der Waals surface area contributed by atoms with Crippen LogP contribution in [0.5, 0.6) is 0 Å². The van der Waals surface area contributed by atoms with Crippen molar-refractivity contribution in [3.05, 3.63) is 35.6 Å². The Morgan fingerprint density at radius 2 is 2.10 bits per heavy atom. The Balaban J connectivity index is 1.90. The van der Waals surface area contributed by atoms with Gasteiger partial charge in [0.25, 0.3) is 5.91 Å². The molecule has 104 valence electrons. The lowest BCUT2D eigenvalue weighted by Crippen LogP contribution is -2.30. The van der Waals surface area contributed by atoms with Gasteiger partial charge in [0.1, 0.15) is 5.58 Å². The number of furan rings is 1. The Kier molecular flexibility index (Phi) is 2.97. The van der Waals surface area contributed by atoms with E-state index >= 15 is 0 Å². The molecular weight excluding hydrogens is 258 g/mol. The highest BCUT2D eigenvalue weighted by atomic mass is 16.4. The van der Waals surface area contributed by atoms with Gasteiger partial charge in [-0.25, -0.2) is 0 Å². The number of carboxylic acid groups (broad SMARTS) is 1. The fraction of sp³-hybridized carbons (Fsp3) is 0.333. The number of benzene rings is 1. The number of amides is 1. The number of aryl methyl sites for hydroxylation is 1. The van der Waals surface area contributed by atoms with E-state index in [1.165, 1.54) is 0 Å². The summed E-state index contributed by atoms with van der Waals surface area (Å²) in [5.41, 5.74) is 1.49. The maximum atomic E-state index is 12.4. The SMILES string of the molecule is Cc1c(C(=O)N2CC[C@H](C(=O)O)C2)oc2ccccc12. The molecule has 1 aliphatic heterocycles. The summed E-state index contributed by atoms with van der Waals surface area (Å²) in [4.78, 5) is 25.0. The molecule has 2 aromatic rings. The van der Waals surface area contributed by atoms with Crippen molar-refractivity contribution in [2.75, 3.05) is 13.1 Å². The molecule has 0 spiro atoms. The van der Waals surface area contributed by atoms with Gasteiger partial charge in [-0.1, -0.05) is 18.2 Å². The Morgan fingerprint density at radius 1 is 1.35 bits per heavy atom. The molecule has 1 amide bonds. The van der Waals surface area contributed by atoms with Crippen molar-refractivity contribution in [2.24, 2.45) is 5.92 Å². The third-order valence-electron chi connectivity index (χ3n) is 3.86. The number of carboxylic acids is 1. The second-order valence-corrected chi connectivity index (χ2v) is 5.13. The normalized spacial score (nSPS) is 18.6. The van der Waals surface area contributed by atoms with E-state index in [4.69, 9.17) is 9.52 Å². The minimum atomic E-state index is -0.846. The van der Waals surface area contributed by atoms with Crippen molar-refractivity contribution in [2.45, 2.75) is 13.3 Å². The molecule has 1 fully saturated rings. The van der Waals surface area contributed by atoms with Crippen LogP contribution >= 0.6 is 0 Å². The molecule has 2 heterocycles. The Labute approximate surface area is 115 Å². The van der Waals surface area contributed by atoms with Crippen molar-refractivity contribution in [1.29, 1.82) is 0 Å². The number of fused-ring (bicyclic) bond motifs is 1. The predicted molar refractivity (Wildman–Crippen MR) is 72.6 cm³/mol. The van der Waals surface area contributed by atoms with E-state index in [9.17, 15) is 9.59 Å². The third kappa shape index (κ3) is 1.95. The van der Waals surface area contributed by atoms with E-state index in [-0.39, 0.29) is 12.5 Å². The van der Waals surface area contributed by atoms with Crippen molar-refractivity contribution in [3.8, 4) is 0 Å². The zero-order valence-corrected chi connectivity index (χ0v) is 11.1. The summed E-state index contributed by atoms with van der Waals surface area (Å²) >= 11 is 0. The molecule has 5 heteroatoms. The van der Waals surface area contributed by atoms with Gasteiger partial charge in [-0.3, -0.25) is 9.59 Å². The molecule has 0 unspecified atom stereocenters. The summed E-state index contributed by atoms with van der Waals surface area (Å²) in [6.45, 7) is 2.57. The second-order valence-electron chi connectivity index (χ2n) is 5.13. The molecule has 0 aliphatic carbocycles. The van der Waals surface area contributed by atoms with Gasteiger partial charge in [0.2, 0.25) is 0 Å². The highest BCUT2D eigenvalue weighted by molar-refractivity contribution is 5.99. The van der Waals surface area contributed by atoms with E-state index in [1.807, 2.05) is 31.2 Å². The molecule has 5 nitrogen and oxygen atoms in total. The average molecular weight is 273 g/mol. The zero-order chi connectivity index (χ0) is 14.3. The molecule has 3 rings (SSSR count). The number of carbonyl (C=O) groups is 2. The van der Waals surface area contributed by atoms with E-state index in [2.05, 4.69) is 0 Å². The molecule has 0 radical (unpaired) electrons. The van der Waals surface area contributed by atoms with Crippen LogP contribution in [0.1, 0.15) is 22.5 Å². The fourth-order valence-electron chi connectivity index (χ4n) is 2.67. The molecule has 0 bridgehead atoms. The van der Waals surface area contributed by atoms with E-state index < -0.39 is 11.9 Å². The maximum Gasteiger partial charge on any atom is 0.308 e. The number of hydrogen-bond donors (Lipinski definition) is 1. The van der Waals surface area contributed by atoms with Gasteiger partial charge in [0.05, 0.1) is 5.92 Å². The number of aliphatic carboxylic acids is 1. The first-order valence-corrected chi connectivity index (χ1v) is 6.58. The van der Waals surface area contributed by atoms with Crippen LogP contribution < -0.4 is 0 Å². The van der Waals surface area contributed by atoms with Crippen LogP contribution in [0.2, 0.25) is 0 Å². The van der Waals surface area contributed by atoms with Crippen molar-refractivity contribution in [1.82, 2.24) is 4.90 Å². The molecule has 20 heavy (non-hydrogen) atoms. The largest absolute Gasteiger partial charge is 0.481 e. The Bertz CT molecular complexity index is 688. The van der Waals surface area contributed by atoms with E-state index in [0.717, 1.165) is 10.9 Å². The second kappa shape index (κ2) is 4.67. The lowest BCUT2D eigenvalue weighted by Gasteiger charge is -2.14. The molecule has 1 N–H and O–H groups in total. The molecule has 1 atom stereocenters.